The summed E-state index contributed by atoms with van der Waals surface area (Å²) in [4.78, 5) is 34.5. The highest BCUT2D eigenvalue weighted by molar-refractivity contribution is 5.97. The third-order valence-electron chi connectivity index (χ3n) is 14.3. The molecular weight excluding hydrogens is 689 g/mol. The van der Waals surface area contributed by atoms with E-state index < -0.39 is 0 Å². The van der Waals surface area contributed by atoms with E-state index in [0.717, 1.165) is 37.3 Å². The van der Waals surface area contributed by atoms with Crippen LogP contribution in [0, 0.1) is 11.8 Å². The van der Waals surface area contributed by atoms with Crippen LogP contribution in [0.5, 0.6) is 0 Å². The number of likely N-dealkylation sites (tertiary alicyclic amines) is 2. The van der Waals surface area contributed by atoms with E-state index in [1.54, 1.807) is 0 Å². The number of nitrogens with zero attached hydrogens (tertiary/aromatic N) is 2. The Balaban J connectivity index is 1.26. The smallest absolute Gasteiger partial charge is 0.241 e. The van der Waals surface area contributed by atoms with E-state index >= 15 is 0 Å². The number of carbonyl (C=O) groups excluding carboxylic acids is 2. The topological polar surface area (TPSA) is 64.7 Å². The minimum absolute atomic E-state index is 0.0302. The number of amides is 2. The number of carbonyl (C=O) groups is 2. The summed E-state index contributed by atoms with van der Waals surface area (Å²) in [5.74, 6) is 2.64. The number of hydrogen-bond acceptors (Lipinski definition) is 4. The number of nitrogens with one attached hydrogen (secondary N) is 2. The lowest BCUT2D eigenvalue weighted by Crippen LogP contribution is -2.50. The molecule has 2 aromatic rings. The van der Waals surface area contributed by atoms with E-state index in [4.69, 9.17) is 0 Å². The van der Waals surface area contributed by atoms with Crippen LogP contribution in [-0.4, -0.2) is 58.9 Å². The summed E-state index contributed by atoms with van der Waals surface area (Å²) >= 11 is 0. The van der Waals surface area contributed by atoms with Gasteiger partial charge in [0.1, 0.15) is 0 Å². The molecule has 2 aromatic carbocycles. The quantitative estimate of drug-likeness (QED) is 0.239. The molecule has 2 aliphatic heterocycles. The standard InChI is InChI=1S/C50H78N4O2/c1-29(2)37-25-35(49(9,10)11)26-38(30(3)4)45(37)51-47(55)43-23-33-17-15-19-41(33)53(43)21-22-54-42-20-16-18-34(42)24-44(54)48(56)52-46-39(31(5)6)27-36(50(12,13)14)28-40(46)32(7)8/h25-34,41-44H,15-24H2,1-14H3,(H,51,55)(H,52,56)/t33-,34-,41-,42-,43-,44-/m0/s1. The summed E-state index contributed by atoms with van der Waals surface area (Å²) in [6.07, 6.45) is 9.11. The van der Waals surface area contributed by atoms with Crippen molar-refractivity contribution in [2.45, 2.75) is 207 Å². The summed E-state index contributed by atoms with van der Waals surface area (Å²) in [5, 5.41) is 7.17. The first kappa shape index (κ1) is 42.9. The maximum atomic E-state index is 14.7. The number of anilines is 2. The Bertz CT molecular complexity index is 1560. The van der Waals surface area contributed by atoms with Gasteiger partial charge in [0.25, 0.3) is 0 Å². The summed E-state index contributed by atoms with van der Waals surface area (Å²) in [5.41, 5.74) is 9.76. The van der Waals surface area contributed by atoms with Gasteiger partial charge in [0, 0.05) is 36.5 Å². The molecule has 4 aliphatic rings. The van der Waals surface area contributed by atoms with Crippen LogP contribution in [0.2, 0.25) is 0 Å². The Morgan fingerprint density at radius 2 is 0.857 bits per heavy atom. The molecule has 0 spiro atoms. The number of hydrogen-bond donors (Lipinski definition) is 2. The molecule has 6 nitrogen and oxygen atoms in total. The molecule has 2 saturated carbocycles. The van der Waals surface area contributed by atoms with Crippen LogP contribution < -0.4 is 10.6 Å². The Morgan fingerprint density at radius 3 is 1.12 bits per heavy atom. The summed E-state index contributed by atoms with van der Waals surface area (Å²) < 4.78 is 0. The van der Waals surface area contributed by atoms with Gasteiger partial charge in [-0.15, -0.1) is 0 Å². The SMILES string of the molecule is CC(C)c1cc(C(C)(C)C)cc(C(C)C)c1NC(=O)[C@@H]1C[C@@H]2CCC[C@@H]2N1CCN1[C@H](C(=O)Nc2c(C(C)C)cc(C(C)(C)C)cc2C(C)C)C[C@@H]2CCC[C@@H]21. The van der Waals surface area contributed by atoms with E-state index in [9.17, 15) is 9.59 Å². The van der Waals surface area contributed by atoms with Gasteiger partial charge in [-0.05, 0) is 118 Å². The second-order valence-corrected chi connectivity index (χ2v) is 21.7. The Morgan fingerprint density at radius 1 is 0.554 bits per heavy atom. The Hall–Kier alpha value is -2.70. The number of benzene rings is 2. The summed E-state index contributed by atoms with van der Waals surface area (Å²) in [6.45, 7) is 33.4. The predicted molar refractivity (Wildman–Crippen MR) is 236 cm³/mol. The fourth-order valence-corrected chi connectivity index (χ4v) is 10.9. The molecule has 0 aromatic heterocycles. The molecule has 6 heteroatoms. The lowest BCUT2D eigenvalue weighted by Gasteiger charge is -2.35. The van der Waals surface area contributed by atoms with E-state index in [1.165, 1.54) is 71.9 Å². The second-order valence-electron chi connectivity index (χ2n) is 21.7. The Labute approximate surface area is 341 Å². The minimum atomic E-state index is -0.148. The zero-order chi connectivity index (χ0) is 41.0. The van der Waals surface area contributed by atoms with Gasteiger partial charge in [-0.3, -0.25) is 19.4 Å². The van der Waals surface area contributed by atoms with Crippen molar-refractivity contribution >= 4 is 23.2 Å². The van der Waals surface area contributed by atoms with Gasteiger partial charge in [0.2, 0.25) is 11.8 Å². The molecule has 4 fully saturated rings. The molecule has 310 valence electrons. The van der Waals surface area contributed by atoms with Crippen molar-refractivity contribution in [3.05, 3.63) is 57.6 Å². The first-order valence-electron chi connectivity index (χ1n) is 22.7. The van der Waals surface area contributed by atoms with Crippen molar-refractivity contribution in [3.63, 3.8) is 0 Å². The number of fused-ring (bicyclic) bond motifs is 2. The largest absolute Gasteiger partial charge is 0.324 e. The van der Waals surface area contributed by atoms with Gasteiger partial charge in [-0.1, -0.05) is 134 Å². The minimum Gasteiger partial charge on any atom is -0.324 e. The molecule has 2 heterocycles. The zero-order valence-corrected chi connectivity index (χ0v) is 37.9. The monoisotopic (exact) mass is 767 g/mol. The van der Waals surface area contributed by atoms with Crippen LogP contribution in [0.15, 0.2) is 24.3 Å². The van der Waals surface area contributed by atoms with Crippen molar-refractivity contribution in [2.24, 2.45) is 11.8 Å². The zero-order valence-electron chi connectivity index (χ0n) is 37.9. The molecule has 2 N–H and O–H groups in total. The van der Waals surface area contributed by atoms with Crippen LogP contribution in [-0.2, 0) is 20.4 Å². The lowest BCUT2D eigenvalue weighted by molar-refractivity contribution is -0.122. The third kappa shape index (κ3) is 8.68. The van der Waals surface area contributed by atoms with Crippen molar-refractivity contribution in [1.29, 1.82) is 0 Å². The van der Waals surface area contributed by atoms with E-state index in [-0.39, 0.29) is 34.7 Å². The highest BCUT2D eigenvalue weighted by Gasteiger charge is 2.49. The first-order chi connectivity index (χ1) is 26.2. The molecule has 0 radical (unpaired) electrons. The fourth-order valence-electron chi connectivity index (χ4n) is 10.9. The van der Waals surface area contributed by atoms with Gasteiger partial charge >= 0.3 is 0 Å². The number of rotatable bonds is 11. The van der Waals surface area contributed by atoms with Gasteiger partial charge in [0.05, 0.1) is 12.1 Å². The van der Waals surface area contributed by atoms with E-state index in [2.05, 4.69) is 142 Å². The molecule has 0 bridgehead atoms. The average Bonchev–Trinajstić information content (AvgIpc) is 3.88. The van der Waals surface area contributed by atoms with E-state index in [0.29, 0.717) is 47.6 Å². The fraction of sp³-hybridized carbons (Fsp3) is 0.720. The van der Waals surface area contributed by atoms with Gasteiger partial charge < -0.3 is 10.6 Å². The third-order valence-corrected chi connectivity index (χ3v) is 14.3. The molecule has 2 amide bonds. The molecule has 2 aliphatic carbocycles. The average molecular weight is 767 g/mol. The molecule has 6 rings (SSSR count). The normalized spacial score (nSPS) is 25.9. The highest BCUT2D eigenvalue weighted by Crippen LogP contribution is 2.46. The van der Waals surface area contributed by atoms with Crippen LogP contribution in [0.25, 0.3) is 0 Å². The van der Waals surface area contributed by atoms with Crippen LogP contribution >= 0.6 is 0 Å². The second kappa shape index (κ2) is 16.5. The predicted octanol–water partition coefficient (Wildman–Crippen LogP) is 11.8. The van der Waals surface area contributed by atoms with Crippen molar-refractivity contribution in [2.75, 3.05) is 23.7 Å². The molecular formula is C50H78N4O2. The van der Waals surface area contributed by atoms with E-state index in [1.807, 2.05) is 0 Å². The maximum Gasteiger partial charge on any atom is 0.241 e. The maximum absolute atomic E-state index is 14.7. The van der Waals surface area contributed by atoms with Crippen LogP contribution in [0.4, 0.5) is 11.4 Å². The first-order valence-corrected chi connectivity index (χ1v) is 22.7. The molecule has 6 atom stereocenters. The van der Waals surface area contributed by atoms with Crippen molar-refractivity contribution in [3.8, 4) is 0 Å². The highest BCUT2D eigenvalue weighted by atomic mass is 16.2. The molecule has 56 heavy (non-hydrogen) atoms. The van der Waals surface area contributed by atoms with Crippen LogP contribution in [0.1, 0.15) is 205 Å². The Kier molecular flexibility index (Phi) is 12.6. The summed E-state index contributed by atoms with van der Waals surface area (Å²) in [6, 6.07) is 9.97. The van der Waals surface area contributed by atoms with Crippen LogP contribution in [0.3, 0.4) is 0 Å². The van der Waals surface area contributed by atoms with Crippen molar-refractivity contribution < 1.29 is 9.59 Å². The van der Waals surface area contributed by atoms with Gasteiger partial charge in [0.15, 0.2) is 0 Å². The van der Waals surface area contributed by atoms with Crippen molar-refractivity contribution in [1.82, 2.24) is 9.80 Å². The summed E-state index contributed by atoms with van der Waals surface area (Å²) in [7, 11) is 0. The van der Waals surface area contributed by atoms with Gasteiger partial charge in [-0.2, -0.15) is 0 Å². The molecule has 0 unspecified atom stereocenters. The van der Waals surface area contributed by atoms with Gasteiger partial charge in [-0.25, -0.2) is 0 Å². The lowest BCUT2D eigenvalue weighted by atomic mass is 9.81. The molecule has 2 saturated heterocycles.